The maximum Gasteiger partial charge on any atom is 0.0552 e. The van der Waals surface area contributed by atoms with Crippen molar-refractivity contribution in [1.29, 1.82) is 0 Å². The minimum absolute atomic E-state index is 0.273. The lowest BCUT2D eigenvalue weighted by molar-refractivity contribution is 0.275. The highest BCUT2D eigenvalue weighted by atomic mass is 32.2. The van der Waals surface area contributed by atoms with E-state index in [0.717, 1.165) is 5.75 Å². The Morgan fingerprint density at radius 3 is 2.36 bits per heavy atom. The standard InChI is InChI=1S/C9H18OS/c1-7(2)6-11-9(5-10)8(3)4/h8-10H,1,5-6H2,2-4H3/t9-/m0/s1. The third-order valence-electron chi connectivity index (χ3n) is 1.47. The second kappa shape index (κ2) is 5.67. The van der Waals surface area contributed by atoms with Crippen LogP contribution in [-0.2, 0) is 0 Å². The van der Waals surface area contributed by atoms with Crippen LogP contribution in [0.2, 0.25) is 0 Å². The largest absolute Gasteiger partial charge is 0.395 e. The average Bonchev–Trinajstić information content (AvgIpc) is 1.87. The molecule has 0 aromatic rings. The van der Waals surface area contributed by atoms with Crippen LogP contribution >= 0.6 is 11.8 Å². The summed E-state index contributed by atoms with van der Waals surface area (Å²) in [5, 5.41) is 9.33. The Hall–Kier alpha value is 0.0500. The molecule has 0 fully saturated rings. The van der Waals surface area contributed by atoms with E-state index in [1.54, 1.807) is 11.8 Å². The number of rotatable bonds is 5. The number of thioether (sulfide) groups is 1. The molecule has 0 aliphatic carbocycles. The van der Waals surface area contributed by atoms with Gasteiger partial charge in [0.15, 0.2) is 0 Å². The zero-order valence-electron chi connectivity index (χ0n) is 7.63. The zero-order chi connectivity index (χ0) is 8.85. The lowest BCUT2D eigenvalue weighted by atomic mass is 10.1. The number of hydrogen-bond acceptors (Lipinski definition) is 2. The van der Waals surface area contributed by atoms with Gasteiger partial charge in [-0.15, -0.1) is 0 Å². The van der Waals surface area contributed by atoms with Crippen molar-refractivity contribution in [3.63, 3.8) is 0 Å². The van der Waals surface area contributed by atoms with Crippen molar-refractivity contribution in [3.8, 4) is 0 Å². The maximum absolute atomic E-state index is 8.96. The normalized spacial score (nSPS) is 13.5. The van der Waals surface area contributed by atoms with E-state index in [2.05, 4.69) is 20.4 Å². The topological polar surface area (TPSA) is 20.2 Å². The lowest BCUT2D eigenvalue weighted by Gasteiger charge is -2.17. The number of hydrogen-bond donors (Lipinski definition) is 1. The molecule has 0 unspecified atom stereocenters. The van der Waals surface area contributed by atoms with Gasteiger partial charge in [-0.3, -0.25) is 0 Å². The lowest BCUT2D eigenvalue weighted by Crippen LogP contribution is -2.16. The summed E-state index contributed by atoms with van der Waals surface area (Å²) in [5.41, 5.74) is 1.18. The van der Waals surface area contributed by atoms with E-state index in [4.69, 9.17) is 5.11 Å². The summed E-state index contributed by atoms with van der Waals surface area (Å²) >= 11 is 1.79. The van der Waals surface area contributed by atoms with Crippen LogP contribution in [-0.4, -0.2) is 22.7 Å². The molecule has 0 saturated carbocycles. The summed E-state index contributed by atoms with van der Waals surface area (Å²) in [7, 11) is 0. The highest BCUT2D eigenvalue weighted by molar-refractivity contribution is 8.00. The van der Waals surface area contributed by atoms with Crippen LogP contribution in [0.5, 0.6) is 0 Å². The molecule has 2 heteroatoms. The summed E-state index contributed by atoms with van der Waals surface area (Å²) in [6.45, 7) is 10.4. The van der Waals surface area contributed by atoms with E-state index in [1.165, 1.54) is 5.57 Å². The Morgan fingerprint density at radius 1 is 1.55 bits per heavy atom. The highest BCUT2D eigenvalue weighted by Gasteiger charge is 2.11. The van der Waals surface area contributed by atoms with Crippen molar-refractivity contribution in [1.82, 2.24) is 0 Å². The third-order valence-corrected chi connectivity index (χ3v) is 3.25. The van der Waals surface area contributed by atoms with Crippen molar-refractivity contribution in [3.05, 3.63) is 12.2 Å². The highest BCUT2D eigenvalue weighted by Crippen LogP contribution is 2.20. The van der Waals surface area contributed by atoms with Gasteiger partial charge in [-0.05, 0) is 12.8 Å². The van der Waals surface area contributed by atoms with Crippen LogP contribution < -0.4 is 0 Å². The third kappa shape index (κ3) is 5.33. The molecular weight excluding hydrogens is 156 g/mol. The first-order valence-electron chi connectivity index (χ1n) is 3.94. The van der Waals surface area contributed by atoms with Gasteiger partial charge in [0.05, 0.1) is 6.61 Å². The van der Waals surface area contributed by atoms with E-state index >= 15 is 0 Å². The van der Waals surface area contributed by atoms with Crippen molar-refractivity contribution in [2.75, 3.05) is 12.4 Å². The molecule has 1 atom stereocenters. The van der Waals surface area contributed by atoms with Gasteiger partial charge in [0.1, 0.15) is 0 Å². The molecule has 0 aliphatic heterocycles. The Balaban J connectivity index is 3.61. The van der Waals surface area contributed by atoms with Crippen molar-refractivity contribution >= 4 is 11.8 Å². The van der Waals surface area contributed by atoms with Crippen LogP contribution in [0.3, 0.4) is 0 Å². The number of aliphatic hydroxyl groups is 1. The van der Waals surface area contributed by atoms with Gasteiger partial charge in [0.25, 0.3) is 0 Å². The maximum atomic E-state index is 8.96. The summed E-state index contributed by atoms with van der Waals surface area (Å²) < 4.78 is 0. The fourth-order valence-electron chi connectivity index (χ4n) is 0.705. The second-order valence-electron chi connectivity index (χ2n) is 3.23. The quantitative estimate of drug-likeness (QED) is 0.645. The Morgan fingerprint density at radius 2 is 2.09 bits per heavy atom. The molecule has 0 heterocycles. The van der Waals surface area contributed by atoms with Crippen LogP contribution in [0.25, 0.3) is 0 Å². The summed E-state index contributed by atoms with van der Waals surface area (Å²) in [5.74, 6) is 1.51. The fraction of sp³-hybridized carbons (Fsp3) is 0.778. The van der Waals surface area contributed by atoms with E-state index in [0.29, 0.717) is 11.2 Å². The summed E-state index contributed by atoms with van der Waals surface area (Å²) in [6.07, 6.45) is 0. The predicted octanol–water partition coefficient (Wildman–Crippen LogP) is 2.31. The molecule has 11 heavy (non-hydrogen) atoms. The SMILES string of the molecule is C=C(C)CS[C@@H](CO)C(C)C. The van der Waals surface area contributed by atoms with Gasteiger partial charge in [0.2, 0.25) is 0 Å². The molecule has 0 spiro atoms. The monoisotopic (exact) mass is 174 g/mol. The predicted molar refractivity (Wildman–Crippen MR) is 53.0 cm³/mol. The van der Waals surface area contributed by atoms with Gasteiger partial charge in [-0.1, -0.05) is 26.0 Å². The van der Waals surface area contributed by atoms with Crippen molar-refractivity contribution < 1.29 is 5.11 Å². The first kappa shape index (κ1) is 11.1. The Bertz CT molecular complexity index is 121. The molecule has 66 valence electrons. The molecule has 0 aromatic carbocycles. The minimum Gasteiger partial charge on any atom is -0.395 e. The van der Waals surface area contributed by atoms with Gasteiger partial charge in [-0.25, -0.2) is 0 Å². The molecule has 0 aliphatic rings. The molecule has 0 amide bonds. The second-order valence-corrected chi connectivity index (χ2v) is 4.46. The summed E-state index contributed by atoms with van der Waals surface area (Å²) in [6, 6.07) is 0. The number of aliphatic hydroxyl groups excluding tert-OH is 1. The van der Waals surface area contributed by atoms with Crippen LogP contribution in [0.15, 0.2) is 12.2 Å². The van der Waals surface area contributed by atoms with Crippen molar-refractivity contribution in [2.24, 2.45) is 5.92 Å². The van der Waals surface area contributed by atoms with E-state index < -0.39 is 0 Å². The van der Waals surface area contributed by atoms with Gasteiger partial charge in [-0.2, -0.15) is 11.8 Å². The molecule has 0 radical (unpaired) electrons. The molecule has 1 nitrogen and oxygen atoms in total. The van der Waals surface area contributed by atoms with E-state index in [-0.39, 0.29) is 6.61 Å². The molecule has 0 rings (SSSR count). The average molecular weight is 174 g/mol. The van der Waals surface area contributed by atoms with Gasteiger partial charge < -0.3 is 5.11 Å². The smallest absolute Gasteiger partial charge is 0.0552 e. The Labute approximate surface area is 73.9 Å². The first-order chi connectivity index (χ1) is 5.07. The van der Waals surface area contributed by atoms with Crippen LogP contribution in [0.4, 0.5) is 0 Å². The van der Waals surface area contributed by atoms with Crippen molar-refractivity contribution in [2.45, 2.75) is 26.0 Å². The fourth-order valence-corrected chi connectivity index (χ4v) is 1.69. The zero-order valence-corrected chi connectivity index (χ0v) is 8.45. The van der Waals surface area contributed by atoms with Gasteiger partial charge >= 0.3 is 0 Å². The Kier molecular flexibility index (Phi) is 5.69. The molecule has 0 bridgehead atoms. The van der Waals surface area contributed by atoms with Gasteiger partial charge in [0, 0.05) is 11.0 Å². The molecule has 0 aromatic heterocycles. The minimum atomic E-state index is 0.273. The molecular formula is C9H18OS. The molecule has 1 N–H and O–H groups in total. The van der Waals surface area contributed by atoms with Crippen LogP contribution in [0, 0.1) is 5.92 Å². The molecule has 0 saturated heterocycles. The first-order valence-corrected chi connectivity index (χ1v) is 4.99. The van der Waals surface area contributed by atoms with E-state index in [9.17, 15) is 0 Å². The van der Waals surface area contributed by atoms with E-state index in [1.807, 2.05) is 6.92 Å². The summed E-state index contributed by atoms with van der Waals surface area (Å²) in [4.78, 5) is 0. The van der Waals surface area contributed by atoms with Crippen LogP contribution in [0.1, 0.15) is 20.8 Å².